The van der Waals surface area contributed by atoms with Crippen LogP contribution in [0.1, 0.15) is 0 Å². The maximum absolute atomic E-state index is 9.89. The van der Waals surface area contributed by atoms with Gasteiger partial charge in [0, 0.05) is 0 Å². The zero-order chi connectivity index (χ0) is 8.15. The number of rotatable bonds is 4. The first-order valence-corrected chi connectivity index (χ1v) is 2.81. The highest BCUT2D eigenvalue weighted by Gasteiger charge is 2.21. The Balaban J connectivity index is 3.80. The fourth-order valence-corrected chi connectivity index (χ4v) is 0.445. The molecule has 0 aliphatic carbocycles. The quantitative estimate of drug-likeness (QED) is 0.324. The van der Waals surface area contributed by atoms with Gasteiger partial charge in [-0.1, -0.05) is 0 Å². The zero-order valence-corrected chi connectivity index (χ0v) is 5.34. The molecular formula is C5H11NO4. The van der Waals surface area contributed by atoms with E-state index in [9.17, 15) is 4.79 Å². The van der Waals surface area contributed by atoms with Crippen molar-refractivity contribution in [2.24, 2.45) is 5.73 Å². The Morgan fingerprint density at radius 3 is 2.30 bits per heavy atom. The van der Waals surface area contributed by atoms with Gasteiger partial charge in [0.05, 0.1) is 12.6 Å². The molecule has 0 aromatic heterocycles. The van der Waals surface area contributed by atoms with E-state index < -0.39 is 24.9 Å². The minimum Gasteiger partial charge on any atom is -0.394 e. The molecule has 0 saturated heterocycles. The second-order valence-electron chi connectivity index (χ2n) is 1.95. The van der Waals surface area contributed by atoms with E-state index in [4.69, 9.17) is 21.1 Å². The zero-order valence-electron chi connectivity index (χ0n) is 5.34. The lowest BCUT2D eigenvalue weighted by Gasteiger charge is -2.17. The number of aliphatic hydroxyl groups is 3. The Hall–Kier alpha value is -0.490. The monoisotopic (exact) mass is 149 g/mol. The highest BCUT2D eigenvalue weighted by atomic mass is 16.4. The molecule has 0 heterocycles. The molecule has 0 saturated carbocycles. The molecule has 0 aromatic rings. The van der Waals surface area contributed by atoms with Crippen LogP contribution in [0.2, 0.25) is 0 Å². The summed E-state index contributed by atoms with van der Waals surface area (Å²) in [5.74, 6) is 0. The van der Waals surface area contributed by atoms with Crippen LogP contribution >= 0.6 is 0 Å². The maximum atomic E-state index is 9.89. The number of nitrogens with two attached hydrogens (primary N) is 1. The molecule has 0 bridgehead atoms. The SMILES string of the molecule is N[C@H](C=O)[C@@H](O)[C@@H](O)CO. The van der Waals surface area contributed by atoms with Gasteiger partial charge >= 0.3 is 0 Å². The smallest absolute Gasteiger partial charge is 0.139 e. The van der Waals surface area contributed by atoms with E-state index in [0.717, 1.165) is 0 Å². The van der Waals surface area contributed by atoms with Crippen molar-refractivity contribution in [3.63, 3.8) is 0 Å². The second-order valence-corrected chi connectivity index (χ2v) is 1.95. The molecule has 10 heavy (non-hydrogen) atoms. The van der Waals surface area contributed by atoms with Crippen LogP contribution in [-0.2, 0) is 4.79 Å². The molecule has 0 radical (unpaired) electrons. The average Bonchev–Trinajstić information content (AvgIpc) is 2.00. The lowest BCUT2D eigenvalue weighted by Crippen LogP contribution is -2.45. The topological polar surface area (TPSA) is 104 Å². The van der Waals surface area contributed by atoms with E-state index in [1.807, 2.05) is 0 Å². The summed E-state index contributed by atoms with van der Waals surface area (Å²) in [5.41, 5.74) is 5.00. The third-order valence-electron chi connectivity index (χ3n) is 1.13. The van der Waals surface area contributed by atoms with Gasteiger partial charge in [-0.05, 0) is 0 Å². The highest BCUT2D eigenvalue weighted by Crippen LogP contribution is 1.94. The van der Waals surface area contributed by atoms with E-state index in [1.165, 1.54) is 0 Å². The molecule has 60 valence electrons. The summed E-state index contributed by atoms with van der Waals surface area (Å²) in [6.07, 6.45) is -2.42. The molecule has 0 spiro atoms. The molecule has 5 N–H and O–H groups in total. The Labute approximate surface area is 58.1 Å². The molecule has 0 amide bonds. The lowest BCUT2D eigenvalue weighted by atomic mass is 10.1. The van der Waals surface area contributed by atoms with Crippen molar-refractivity contribution in [1.82, 2.24) is 0 Å². The summed E-state index contributed by atoms with van der Waals surface area (Å²) < 4.78 is 0. The van der Waals surface area contributed by atoms with Crippen molar-refractivity contribution < 1.29 is 20.1 Å². The minimum atomic E-state index is -1.39. The van der Waals surface area contributed by atoms with Gasteiger partial charge in [-0.3, -0.25) is 0 Å². The molecular weight excluding hydrogens is 138 g/mol. The summed E-state index contributed by atoms with van der Waals surface area (Å²) in [5, 5.41) is 25.8. The normalized spacial score (nSPS) is 19.6. The number of carbonyl (C=O) groups excluding carboxylic acids is 1. The van der Waals surface area contributed by atoms with Crippen LogP contribution in [0.25, 0.3) is 0 Å². The van der Waals surface area contributed by atoms with Crippen LogP contribution in [0.4, 0.5) is 0 Å². The number of carbonyl (C=O) groups is 1. The first kappa shape index (κ1) is 9.51. The Morgan fingerprint density at radius 1 is 1.50 bits per heavy atom. The summed E-state index contributed by atoms with van der Waals surface area (Å²) in [6.45, 7) is -0.608. The summed E-state index contributed by atoms with van der Waals surface area (Å²) >= 11 is 0. The Morgan fingerprint density at radius 2 is 2.00 bits per heavy atom. The van der Waals surface area contributed by atoms with Gasteiger partial charge in [-0.2, -0.15) is 0 Å². The molecule has 0 aliphatic rings. The number of aliphatic hydroxyl groups excluding tert-OH is 3. The summed E-state index contributed by atoms with van der Waals surface area (Å²) in [7, 11) is 0. The molecule has 0 fully saturated rings. The van der Waals surface area contributed by atoms with Gasteiger partial charge < -0.3 is 25.8 Å². The van der Waals surface area contributed by atoms with Gasteiger partial charge in [0.15, 0.2) is 0 Å². The molecule has 5 heteroatoms. The van der Waals surface area contributed by atoms with E-state index in [0.29, 0.717) is 6.29 Å². The standard InChI is InChI=1S/C5H11NO4/c6-3(1-7)5(10)4(9)2-8/h1,3-5,8-10H,2,6H2/t3-,4+,5-/m1/s1. The number of aldehydes is 1. The predicted molar refractivity (Wildman–Crippen MR) is 33.1 cm³/mol. The van der Waals surface area contributed by atoms with Crippen molar-refractivity contribution in [3.8, 4) is 0 Å². The van der Waals surface area contributed by atoms with Crippen molar-refractivity contribution >= 4 is 6.29 Å². The molecule has 3 atom stereocenters. The van der Waals surface area contributed by atoms with Crippen LogP contribution in [0.5, 0.6) is 0 Å². The largest absolute Gasteiger partial charge is 0.394 e. The maximum Gasteiger partial charge on any atom is 0.139 e. The van der Waals surface area contributed by atoms with Crippen LogP contribution in [0.3, 0.4) is 0 Å². The fourth-order valence-electron chi connectivity index (χ4n) is 0.445. The van der Waals surface area contributed by atoms with Crippen molar-refractivity contribution in [2.45, 2.75) is 18.2 Å². The average molecular weight is 149 g/mol. The van der Waals surface area contributed by atoms with E-state index in [-0.39, 0.29) is 0 Å². The Kier molecular flexibility index (Phi) is 4.13. The van der Waals surface area contributed by atoms with Crippen LogP contribution < -0.4 is 5.73 Å². The second kappa shape index (κ2) is 4.35. The highest BCUT2D eigenvalue weighted by molar-refractivity contribution is 5.58. The van der Waals surface area contributed by atoms with Crippen molar-refractivity contribution in [1.29, 1.82) is 0 Å². The van der Waals surface area contributed by atoms with Gasteiger partial charge in [0.2, 0.25) is 0 Å². The van der Waals surface area contributed by atoms with Crippen LogP contribution in [-0.4, -0.2) is 46.5 Å². The molecule has 0 unspecified atom stereocenters. The van der Waals surface area contributed by atoms with Crippen molar-refractivity contribution in [3.05, 3.63) is 0 Å². The molecule has 0 rings (SSSR count). The summed E-state index contributed by atoms with van der Waals surface area (Å²) in [4.78, 5) is 9.89. The van der Waals surface area contributed by atoms with Crippen molar-refractivity contribution in [2.75, 3.05) is 6.61 Å². The van der Waals surface area contributed by atoms with Gasteiger partial charge in [-0.15, -0.1) is 0 Å². The van der Waals surface area contributed by atoms with E-state index in [2.05, 4.69) is 0 Å². The van der Waals surface area contributed by atoms with Crippen LogP contribution in [0.15, 0.2) is 0 Å². The van der Waals surface area contributed by atoms with E-state index in [1.54, 1.807) is 0 Å². The third kappa shape index (κ3) is 2.40. The molecule has 5 nitrogen and oxygen atoms in total. The van der Waals surface area contributed by atoms with Gasteiger partial charge in [0.1, 0.15) is 18.5 Å². The van der Waals surface area contributed by atoms with Gasteiger partial charge in [0.25, 0.3) is 0 Å². The summed E-state index contributed by atoms with van der Waals surface area (Å²) in [6, 6.07) is -1.14. The molecule has 0 aromatic carbocycles. The van der Waals surface area contributed by atoms with E-state index >= 15 is 0 Å². The number of hydrogen-bond acceptors (Lipinski definition) is 5. The fraction of sp³-hybridized carbons (Fsp3) is 0.800. The minimum absolute atomic E-state index is 0.309. The third-order valence-corrected chi connectivity index (χ3v) is 1.13. The Bertz CT molecular complexity index is 108. The first-order chi connectivity index (χ1) is 4.63. The van der Waals surface area contributed by atoms with Gasteiger partial charge in [-0.25, -0.2) is 0 Å². The van der Waals surface area contributed by atoms with Crippen LogP contribution in [0, 0.1) is 0 Å². The predicted octanol–water partition coefficient (Wildman–Crippen LogP) is -2.77. The number of hydrogen-bond donors (Lipinski definition) is 4. The molecule has 0 aliphatic heterocycles. The first-order valence-electron chi connectivity index (χ1n) is 2.81. The lowest BCUT2D eigenvalue weighted by molar-refractivity contribution is -0.114.